The van der Waals surface area contributed by atoms with Crippen molar-refractivity contribution < 1.29 is 0 Å². The highest BCUT2D eigenvalue weighted by atomic mass is 32.1. The Morgan fingerprint density at radius 2 is 2.25 bits per heavy atom. The molecular formula is C12H21N3S. The summed E-state index contributed by atoms with van der Waals surface area (Å²) in [4.78, 5) is 6.88. The van der Waals surface area contributed by atoms with Gasteiger partial charge in [0.2, 0.25) is 0 Å². The third-order valence-electron chi connectivity index (χ3n) is 3.20. The minimum atomic E-state index is 0.543. The lowest BCUT2D eigenvalue weighted by molar-refractivity contribution is 0.367. The SMILES string of the molecule is CC(C)N(CC1CCNCC1)c1nccs1. The van der Waals surface area contributed by atoms with E-state index in [9.17, 15) is 0 Å². The molecule has 1 aromatic rings. The summed E-state index contributed by atoms with van der Waals surface area (Å²) >= 11 is 1.75. The number of anilines is 1. The van der Waals surface area contributed by atoms with Gasteiger partial charge in [-0.05, 0) is 45.7 Å². The second-order valence-electron chi connectivity index (χ2n) is 4.75. The first-order valence-electron chi connectivity index (χ1n) is 6.14. The van der Waals surface area contributed by atoms with Crippen LogP contribution in [0.3, 0.4) is 0 Å². The highest BCUT2D eigenvalue weighted by Crippen LogP contribution is 2.23. The molecule has 1 aromatic heterocycles. The van der Waals surface area contributed by atoms with E-state index in [-0.39, 0.29) is 0 Å². The molecule has 1 saturated heterocycles. The maximum atomic E-state index is 4.43. The van der Waals surface area contributed by atoms with Crippen LogP contribution in [0.5, 0.6) is 0 Å². The third kappa shape index (κ3) is 2.95. The molecule has 90 valence electrons. The molecule has 0 saturated carbocycles. The monoisotopic (exact) mass is 239 g/mol. The summed E-state index contributed by atoms with van der Waals surface area (Å²) in [5, 5.41) is 6.66. The predicted molar refractivity (Wildman–Crippen MR) is 70.2 cm³/mol. The van der Waals surface area contributed by atoms with Crippen molar-refractivity contribution in [2.24, 2.45) is 5.92 Å². The van der Waals surface area contributed by atoms with Crippen LogP contribution in [0.15, 0.2) is 11.6 Å². The van der Waals surface area contributed by atoms with E-state index in [1.165, 1.54) is 31.1 Å². The minimum Gasteiger partial charge on any atom is -0.345 e. The number of hydrogen-bond acceptors (Lipinski definition) is 4. The van der Waals surface area contributed by atoms with E-state index >= 15 is 0 Å². The van der Waals surface area contributed by atoms with Crippen LogP contribution >= 0.6 is 11.3 Å². The Hall–Kier alpha value is -0.610. The Morgan fingerprint density at radius 3 is 2.81 bits per heavy atom. The topological polar surface area (TPSA) is 28.2 Å². The Labute approximate surface area is 102 Å². The van der Waals surface area contributed by atoms with Gasteiger partial charge in [0.25, 0.3) is 0 Å². The molecule has 0 bridgehead atoms. The highest BCUT2D eigenvalue weighted by Gasteiger charge is 2.20. The van der Waals surface area contributed by atoms with Crippen molar-refractivity contribution in [1.82, 2.24) is 10.3 Å². The average molecular weight is 239 g/mol. The maximum Gasteiger partial charge on any atom is 0.185 e. The molecule has 3 nitrogen and oxygen atoms in total. The molecule has 16 heavy (non-hydrogen) atoms. The number of hydrogen-bond donors (Lipinski definition) is 1. The molecule has 0 spiro atoms. The van der Waals surface area contributed by atoms with Crippen LogP contribution in [-0.4, -0.2) is 30.7 Å². The number of nitrogens with one attached hydrogen (secondary N) is 1. The first-order chi connectivity index (χ1) is 7.77. The largest absolute Gasteiger partial charge is 0.345 e. The average Bonchev–Trinajstić information content (AvgIpc) is 2.80. The summed E-state index contributed by atoms with van der Waals surface area (Å²) in [5.74, 6) is 0.826. The zero-order valence-electron chi connectivity index (χ0n) is 10.1. The lowest BCUT2D eigenvalue weighted by Gasteiger charge is -2.32. The maximum absolute atomic E-state index is 4.43. The van der Waals surface area contributed by atoms with E-state index in [2.05, 4.69) is 34.4 Å². The summed E-state index contributed by atoms with van der Waals surface area (Å²) in [7, 11) is 0. The number of nitrogens with zero attached hydrogens (tertiary/aromatic N) is 2. The first kappa shape index (κ1) is 11.9. The zero-order chi connectivity index (χ0) is 11.4. The Balaban J connectivity index is 1.97. The molecule has 1 fully saturated rings. The van der Waals surface area contributed by atoms with E-state index in [0.29, 0.717) is 6.04 Å². The van der Waals surface area contributed by atoms with Gasteiger partial charge in [-0.2, -0.15) is 0 Å². The van der Waals surface area contributed by atoms with Crippen LogP contribution < -0.4 is 10.2 Å². The molecule has 2 rings (SSSR count). The van der Waals surface area contributed by atoms with Crippen LogP contribution in [0.2, 0.25) is 0 Å². The molecular weight excluding hydrogens is 218 g/mol. The van der Waals surface area contributed by atoms with Gasteiger partial charge in [-0.3, -0.25) is 0 Å². The lowest BCUT2D eigenvalue weighted by atomic mass is 9.97. The summed E-state index contributed by atoms with van der Waals surface area (Å²) in [5.41, 5.74) is 0. The van der Waals surface area contributed by atoms with E-state index < -0.39 is 0 Å². The molecule has 1 N–H and O–H groups in total. The van der Waals surface area contributed by atoms with Crippen LogP contribution in [0, 0.1) is 5.92 Å². The number of aromatic nitrogens is 1. The molecule has 1 aliphatic heterocycles. The first-order valence-corrected chi connectivity index (χ1v) is 7.02. The van der Waals surface area contributed by atoms with E-state index in [1.54, 1.807) is 11.3 Å². The number of rotatable bonds is 4. The minimum absolute atomic E-state index is 0.543. The van der Waals surface area contributed by atoms with Crippen LogP contribution in [0.4, 0.5) is 5.13 Å². The van der Waals surface area contributed by atoms with Crippen molar-refractivity contribution in [2.45, 2.75) is 32.7 Å². The highest BCUT2D eigenvalue weighted by molar-refractivity contribution is 7.13. The molecule has 0 unspecified atom stereocenters. The predicted octanol–water partition coefficient (Wildman–Crippen LogP) is 2.36. The van der Waals surface area contributed by atoms with Crippen molar-refractivity contribution in [3.8, 4) is 0 Å². The van der Waals surface area contributed by atoms with Gasteiger partial charge < -0.3 is 10.2 Å². The van der Waals surface area contributed by atoms with Crippen molar-refractivity contribution in [3.63, 3.8) is 0 Å². The quantitative estimate of drug-likeness (QED) is 0.874. The van der Waals surface area contributed by atoms with Gasteiger partial charge in [0.05, 0.1) is 0 Å². The summed E-state index contributed by atoms with van der Waals surface area (Å²) in [6, 6.07) is 0.543. The molecule has 0 aromatic carbocycles. The molecule has 2 heterocycles. The second-order valence-corrected chi connectivity index (χ2v) is 5.63. The fraction of sp³-hybridized carbons (Fsp3) is 0.750. The Morgan fingerprint density at radius 1 is 1.50 bits per heavy atom. The van der Waals surface area contributed by atoms with Crippen molar-refractivity contribution in [2.75, 3.05) is 24.5 Å². The fourth-order valence-corrected chi connectivity index (χ4v) is 3.00. The van der Waals surface area contributed by atoms with Crippen molar-refractivity contribution in [3.05, 3.63) is 11.6 Å². The summed E-state index contributed by atoms with van der Waals surface area (Å²) in [6.45, 7) is 8.01. The van der Waals surface area contributed by atoms with Crippen LogP contribution in [0.25, 0.3) is 0 Å². The van der Waals surface area contributed by atoms with E-state index in [1.807, 2.05) is 6.20 Å². The van der Waals surface area contributed by atoms with Gasteiger partial charge in [-0.25, -0.2) is 4.98 Å². The molecule has 4 heteroatoms. The van der Waals surface area contributed by atoms with Gasteiger partial charge in [0, 0.05) is 24.2 Å². The Kier molecular flexibility index (Phi) is 4.18. The third-order valence-corrected chi connectivity index (χ3v) is 4.01. The second kappa shape index (κ2) is 5.64. The van der Waals surface area contributed by atoms with Gasteiger partial charge >= 0.3 is 0 Å². The van der Waals surface area contributed by atoms with E-state index in [0.717, 1.165) is 12.5 Å². The lowest BCUT2D eigenvalue weighted by Crippen LogP contribution is -2.39. The summed E-state index contributed by atoms with van der Waals surface area (Å²) < 4.78 is 0. The molecule has 0 aliphatic carbocycles. The fourth-order valence-electron chi connectivity index (χ4n) is 2.21. The molecule has 1 aliphatic rings. The van der Waals surface area contributed by atoms with Gasteiger partial charge in [0.15, 0.2) is 5.13 Å². The number of thiazole rings is 1. The molecule has 0 atom stereocenters. The molecule has 0 amide bonds. The Bertz CT molecular complexity index is 291. The van der Waals surface area contributed by atoms with Crippen LogP contribution in [-0.2, 0) is 0 Å². The van der Waals surface area contributed by atoms with Gasteiger partial charge in [0.1, 0.15) is 0 Å². The van der Waals surface area contributed by atoms with Crippen LogP contribution in [0.1, 0.15) is 26.7 Å². The van der Waals surface area contributed by atoms with Crippen molar-refractivity contribution in [1.29, 1.82) is 0 Å². The van der Waals surface area contributed by atoms with E-state index in [4.69, 9.17) is 0 Å². The molecule has 0 radical (unpaired) electrons. The standard InChI is InChI=1S/C12H21N3S/c1-10(2)15(12-14-7-8-16-12)9-11-3-5-13-6-4-11/h7-8,10-11,13H,3-6,9H2,1-2H3. The van der Waals surface area contributed by atoms with Gasteiger partial charge in [-0.1, -0.05) is 0 Å². The summed E-state index contributed by atoms with van der Waals surface area (Å²) in [6.07, 6.45) is 4.50. The normalized spacial score (nSPS) is 17.9. The smallest absolute Gasteiger partial charge is 0.185 e. The van der Waals surface area contributed by atoms with Crippen molar-refractivity contribution >= 4 is 16.5 Å². The van der Waals surface area contributed by atoms with Gasteiger partial charge in [-0.15, -0.1) is 11.3 Å². The number of piperidine rings is 1. The zero-order valence-corrected chi connectivity index (χ0v) is 11.0.